The van der Waals surface area contributed by atoms with E-state index in [1.807, 2.05) is 43.3 Å². The predicted octanol–water partition coefficient (Wildman–Crippen LogP) is 5.71. The summed E-state index contributed by atoms with van der Waals surface area (Å²) in [6.07, 6.45) is 0. The molecule has 0 aliphatic carbocycles. The molecule has 0 spiro atoms. The molecule has 164 valence electrons. The average Bonchev–Trinajstić information content (AvgIpc) is 3.37. The molecular formula is C25H19ClN4O2S. The van der Waals surface area contributed by atoms with Gasteiger partial charge in [0, 0.05) is 22.9 Å². The topological polar surface area (TPSA) is 68.1 Å². The van der Waals surface area contributed by atoms with E-state index in [1.54, 1.807) is 48.2 Å². The molecule has 0 saturated heterocycles. The summed E-state index contributed by atoms with van der Waals surface area (Å²) in [5.74, 6) is 0.889. The van der Waals surface area contributed by atoms with Gasteiger partial charge in [0.15, 0.2) is 11.0 Å². The van der Waals surface area contributed by atoms with Crippen LogP contribution in [0.2, 0.25) is 5.02 Å². The molecule has 5 rings (SSSR count). The molecule has 2 heterocycles. The molecule has 1 aliphatic rings. The smallest absolute Gasteiger partial charge is 0.266 e. The van der Waals surface area contributed by atoms with Gasteiger partial charge in [-0.05, 0) is 61.0 Å². The van der Waals surface area contributed by atoms with Crippen molar-refractivity contribution in [3.63, 3.8) is 0 Å². The van der Waals surface area contributed by atoms with Crippen LogP contribution in [0.25, 0.3) is 11.4 Å². The number of carbonyl (C=O) groups is 2. The Morgan fingerprint density at radius 1 is 0.848 bits per heavy atom. The maximum absolute atomic E-state index is 12.7. The van der Waals surface area contributed by atoms with Crippen molar-refractivity contribution in [3.8, 4) is 11.4 Å². The van der Waals surface area contributed by atoms with Crippen molar-refractivity contribution in [2.45, 2.75) is 24.4 Å². The molecule has 0 fully saturated rings. The van der Waals surface area contributed by atoms with Gasteiger partial charge in [-0.1, -0.05) is 47.6 Å². The molecule has 0 bridgehead atoms. The molecule has 6 nitrogen and oxygen atoms in total. The van der Waals surface area contributed by atoms with Gasteiger partial charge in [0.1, 0.15) is 0 Å². The molecule has 0 radical (unpaired) electrons. The summed E-state index contributed by atoms with van der Waals surface area (Å²) in [5, 5.41) is 10.3. The number of imide groups is 1. The average molecular weight is 475 g/mol. The van der Waals surface area contributed by atoms with E-state index in [1.165, 1.54) is 4.90 Å². The second kappa shape index (κ2) is 8.84. The summed E-state index contributed by atoms with van der Waals surface area (Å²) in [7, 11) is 0. The van der Waals surface area contributed by atoms with Crippen LogP contribution < -0.4 is 4.90 Å². The third-order valence-electron chi connectivity index (χ3n) is 5.49. The summed E-state index contributed by atoms with van der Waals surface area (Å²) in [6, 6.07) is 21.9. The van der Waals surface area contributed by atoms with Gasteiger partial charge in [-0.25, -0.2) is 4.90 Å². The van der Waals surface area contributed by atoms with E-state index < -0.39 is 0 Å². The van der Waals surface area contributed by atoms with Crippen molar-refractivity contribution in [1.29, 1.82) is 0 Å². The van der Waals surface area contributed by atoms with Crippen LogP contribution in [0.15, 0.2) is 78.0 Å². The van der Waals surface area contributed by atoms with Crippen molar-refractivity contribution in [2.75, 3.05) is 4.90 Å². The number of hydrogen-bond donors (Lipinski definition) is 0. The van der Waals surface area contributed by atoms with Crippen LogP contribution in [-0.4, -0.2) is 26.6 Å². The standard InChI is InChI=1S/C25H19ClN4O2S/c1-2-29-22(27-28-25(29)33-15-16-7-11-18(26)12-8-16)17-9-13-19(14-10-17)30-23(31)20-5-3-4-6-21(20)24(30)32/h3-14H,2,15H2,1H3. The van der Waals surface area contributed by atoms with Gasteiger partial charge >= 0.3 is 0 Å². The lowest BCUT2D eigenvalue weighted by Crippen LogP contribution is -2.29. The first-order chi connectivity index (χ1) is 16.1. The Labute approximate surface area is 200 Å². The molecule has 0 N–H and O–H groups in total. The molecule has 33 heavy (non-hydrogen) atoms. The molecule has 4 aromatic rings. The van der Waals surface area contributed by atoms with Crippen molar-refractivity contribution in [2.24, 2.45) is 0 Å². The molecule has 8 heteroatoms. The zero-order valence-electron chi connectivity index (χ0n) is 17.7. The normalized spacial score (nSPS) is 13.0. The van der Waals surface area contributed by atoms with E-state index in [0.717, 1.165) is 27.9 Å². The number of halogens is 1. The van der Waals surface area contributed by atoms with Crippen LogP contribution in [-0.2, 0) is 12.3 Å². The Kier molecular flexibility index (Phi) is 5.74. The highest BCUT2D eigenvalue weighted by molar-refractivity contribution is 7.98. The maximum Gasteiger partial charge on any atom is 0.266 e. The Morgan fingerprint density at radius 3 is 2.09 bits per heavy atom. The summed E-state index contributed by atoms with van der Waals surface area (Å²) in [6.45, 7) is 2.76. The number of carbonyl (C=O) groups excluding carboxylic acids is 2. The summed E-state index contributed by atoms with van der Waals surface area (Å²) in [5.41, 5.74) is 3.41. The Bertz CT molecular complexity index is 1310. The highest BCUT2D eigenvalue weighted by Crippen LogP contribution is 2.31. The van der Waals surface area contributed by atoms with Crippen molar-refractivity contribution < 1.29 is 9.59 Å². The van der Waals surface area contributed by atoms with Gasteiger partial charge in [0.2, 0.25) is 0 Å². The lowest BCUT2D eigenvalue weighted by molar-refractivity contribution is 0.0926. The first kappa shape index (κ1) is 21.4. The Morgan fingerprint density at radius 2 is 1.48 bits per heavy atom. The molecule has 0 unspecified atom stereocenters. The largest absolute Gasteiger partial charge is 0.302 e. The molecule has 1 aliphatic heterocycles. The third kappa shape index (κ3) is 3.94. The minimum Gasteiger partial charge on any atom is -0.302 e. The SMILES string of the molecule is CCn1c(SCc2ccc(Cl)cc2)nnc1-c1ccc(N2C(=O)c3ccccc3C2=O)cc1. The number of rotatable bonds is 6. The molecular weight excluding hydrogens is 456 g/mol. The van der Waals surface area contributed by atoms with Gasteiger partial charge < -0.3 is 4.57 Å². The molecule has 0 atom stereocenters. The first-order valence-corrected chi connectivity index (χ1v) is 11.8. The van der Waals surface area contributed by atoms with Crippen molar-refractivity contribution in [1.82, 2.24) is 14.8 Å². The van der Waals surface area contributed by atoms with Gasteiger partial charge in [0.05, 0.1) is 16.8 Å². The van der Waals surface area contributed by atoms with Gasteiger partial charge in [-0.3, -0.25) is 9.59 Å². The number of anilines is 1. The second-order valence-corrected chi connectivity index (χ2v) is 8.88. The van der Waals surface area contributed by atoms with Gasteiger partial charge in [-0.2, -0.15) is 0 Å². The fourth-order valence-corrected chi connectivity index (χ4v) is 4.89. The zero-order valence-corrected chi connectivity index (χ0v) is 19.3. The minimum absolute atomic E-state index is 0.305. The van der Waals surface area contributed by atoms with Gasteiger partial charge in [-0.15, -0.1) is 10.2 Å². The van der Waals surface area contributed by atoms with E-state index in [-0.39, 0.29) is 11.8 Å². The van der Waals surface area contributed by atoms with E-state index in [9.17, 15) is 9.59 Å². The number of amides is 2. The third-order valence-corrected chi connectivity index (χ3v) is 6.78. The van der Waals surface area contributed by atoms with Crippen LogP contribution >= 0.6 is 23.4 Å². The Hall–Kier alpha value is -3.42. The van der Waals surface area contributed by atoms with Crippen molar-refractivity contribution in [3.05, 3.63) is 94.5 Å². The van der Waals surface area contributed by atoms with Crippen LogP contribution in [0.1, 0.15) is 33.2 Å². The number of benzene rings is 3. The summed E-state index contributed by atoms with van der Waals surface area (Å²) >= 11 is 7.58. The fourth-order valence-electron chi connectivity index (χ4n) is 3.81. The molecule has 2 amide bonds. The molecule has 1 aromatic heterocycles. The lowest BCUT2D eigenvalue weighted by atomic mass is 10.1. The molecule has 0 saturated carbocycles. The van der Waals surface area contributed by atoms with Crippen LogP contribution in [0.4, 0.5) is 5.69 Å². The maximum atomic E-state index is 12.7. The number of hydrogen-bond acceptors (Lipinski definition) is 5. The van der Waals surface area contributed by atoms with E-state index >= 15 is 0 Å². The summed E-state index contributed by atoms with van der Waals surface area (Å²) in [4.78, 5) is 26.7. The quantitative estimate of drug-likeness (QED) is 0.264. The van der Waals surface area contributed by atoms with Crippen LogP contribution in [0.3, 0.4) is 0 Å². The van der Waals surface area contributed by atoms with E-state index in [0.29, 0.717) is 28.4 Å². The molecule has 3 aromatic carbocycles. The van der Waals surface area contributed by atoms with E-state index in [4.69, 9.17) is 11.6 Å². The van der Waals surface area contributed by atoms with Crippen LogP contribution in [0, 0.1) is 0 Å². The van der Waals surface area contributed by atoms with E-state index in [2.05, 4.69) is 14.8 Å². The predicted molar refractivity (Wildman–Crippen MR) is 130 cm³/mol. The Balaban J connectivity index is 1.37. The van der Waals surface area contributed by atoms with Crippen molar-refractivity contribution >= 4 is 40.9 Å². The van der Waals surface area contributed by atoms with Crippen LogP contribution in [0.5, 0.6) is 0 Å². The first-order valence-electron chi connectivity index (χ1n) is 10.5. The second-order valence-electron chi connectivity index (χ2n) is 7.50. The summed E-state index contributed by atoms with van der Waals surface area (Å²) < 4.78 is 2.05. The minimum atomic E-state index is -0.305. The highest BCUT2D eigenvalue weighted by Gasteiger charge is 2.36. The number of nitrogens with zero attached hydrogens (tertiary/aromatic N) is 4. The monoisotopic (exact) mass is 474 g/mol. The van der Waals surface area contributed by atoms with Gasteiger partial charge in [0.25, 0.3) is 11.8 Å². The lowest BCUT2D eigenvalue weighted by Gasteiger charge is -2.14. The number of fused-ring (bicyclic) bond motifs is 1. The number of aromatic nitrogens is 3. The highest BCUT2D eigenvalue weighted by atomic mass is 35.5. The zero-order chi connectivity index (χ0) is 22.9. The number of thioether (sulfide) groups is 1. The fraction of sp³-hybridized carbons (Fsp3) is 0.120.